The number of hydrogen-bond donors (Lipinski definition) is 2. The molecule has 0 aliphatic rings. The fourth-order valence-electron chi connectivity index (χ4n) is 1.28. The van der Waals surface area contributed by atoms with Gasteiger partial charge in [-0.05, 0) is 29.8 Å². The SMILES string of the molecule is Cc1nc(=O)n(CC(O)CN)c(C)c1Br. The summed E-state index contributed by atoms with van der Waals surface area (Å²) in [6, 6.07) is 0. The number of hydrogen-bond acceptors (Lipinski definition) is 4. The summed E-state index contributed by atoms with van der Waals surface area (Å²) >= 11 is 3.34. The van der Waals surface area contributed by atoms with Crippen molar-refractivity contribution < 1.29 is 5.11 Å². The van der Waals surface area contributed by atoms with Crippen LogP contribution in [0.25, 0.3) is 0 Å². The molecule has 3 N–H and O–H groups in total. The molecular formula is C9H14BrN3O2. The van der Waals surface area contributed by atoms with Crippen LogP contribution in [0.5, 0.6) is 0 Å². The van der Waals surface area contributed by atoms with Crippen molar-refractivity contribution in [3.8, 4) is 0 Å². The van der Waals surface area contributed by atoms with Crippen molar-refractivity contribution in [3.05, 3.63) is 26.3 Å². The van der Waals surface area contributed by atoms with Crippen LogP contribution in [-0.2, 0) is 6.54 Å². The number of nitrogens with two attached hydrogens (primary N) is 1. The predicted molar refractivity (Wildman–Crippen MR) is 60.7 cm³/mol. The van der Waals surface area contributed by atoms with Crippen LogP contribution in [0.2, 0.25) is 0 Å². The van der Waals surface area contributed by atoms with E-state index >= 15 is 0 Å². The Hall–Kier alpha value is -0.720. The molecule has 0 aromatic carbocycles. The molecule has 1 heterocycles. The van der Waals surface area contributed by atoms with Gasteiger partial charge in [0.1, 0.15) is 0 Å². The van der Waals surface area contributed by atoms with E-state index in [0.29, 0.717) is 5.69 Å². The second-order valence-electron chi connectivity index (χ2n) is 3.38. The zero-order valence-electron chi connectivity index (χ0n) is 8.70. The number of aryl methyl sites for hydroxylation is 1. The van der Waals surface area contributed by atoms with Gasteiger partial charge in [0.05, 0.1) is 22.8 Å². The molecule has 5 nitrogen and oxygen atoms in total. The average Bonchev–Trinajstić information content (AvgIpc) is 2.21. The number of aliphatic hydroxyl groups is 1. The van der Waals surface area contributed by atoms with Crippen LogP contribution >= 0.6 is 15.9 Å². The molecule has 0 aliphatic carbocycles. The van der Waals surface area contributed by atoms with Crippen LogP contribution in [0.1, 0.15) is 11.4 Å². The molecule has 0 saturated heterocycles. The molecule has 84 valence electrons. The van der Waals surface area contributed by atoms with E-state index in [2.05, 4.69) is 20.9 Å². The second-order valence-corrected chi connectivity index (χ2v) is 4.17. The third-order valence-electron chi connectivity index (χ3n) is 2.20. The van der Waals surface area contributed by atoms with Gasteiger partial charge in [0, 0.05) is 12.2 Å². The molecule has 0 radical (unpaired) electrons. The first-order valence-electron chi connectivity index (χ1n) is 4.59. The van der Waals surface area contributed by atoms with Gasteiger partial charge in [-0.2, -0.15) is 4.98 Å². The lowest BCUT2D eigenvalue weighted by molar-refractivity contribution is 0.159. The van der Waals surface area contributed by atoms with Crippen molar-refractivity contribution in [1.29, 1.82) is 0 Å². The highest BCUT2D eigenvalue weighted by Crippen LogP contribution is 2.16. The quantitative estimate of drug-likeness (QED) is 0.810. The van der Waals surface area contributed by atoms with Crippen LogP contribution in [0.3, 0.4) is 0 Å². The molecule has 1 rings (SSSR count). The molecule has 0 aliphatic heterocycles. The van der Waals surface area contributed by atoms with Gasteiger partial charge in [0.2, 0.25) is 0 Å². The fourth-order valence-corrected chi connectivity index (χ4v) is 1.58. The Balaban J connectivity index is 3.18. The van der Waals surface area contributed by atoms with Gasteiger partial charge in [-0.15, -0.1) is 0 Å². The Bertz CT molecular complexity index is 417. The van der Waals surface area contributed by atoms with Gasteiger partial charge in [0.15, 0.2) is 0 Å². The molecule has 0 spiro atoms. The highest BCUT2D eigenvalue weighted by atomic mass is 79.9. The summed E-state index contributed by atoms with van der Waals surface area (Å²) in [6.07, 6.45) is -0.724. The molecule has 1 atom stereocenters. The van der Waals surface area contributed by atoms with Crippen molar-refractivity contribution in [2.75, 3.05) is 6.54 Å². The van der Waals surface area contributed by atoms with Crippen molar-refractivity contribution in [3.63, 3.8) is 0 Å². The molecule has 0 bridgehead atoms. The predicted octanol–water partition coefficient (Wildman–Crippen LogP) is -0.0578. The van der Waals surface area contributed by atoms with Crippen molar-refractivity contribution in [2.45, 2.75) is 26.5 Å². The highest BCUT2D eigenvalue weighted by molar-refractivity contribution is 9.10. The van der Waals surface area contributed by atoms with Gasteiger partial charge in [-0.1, -0.05) is 0 Å². The van der Waals surface area contributed by atoms with Gasteiger partial charge in [-0.3, -0.25) is 4.57 Å². The molecule has 0 saturated carbocycles. The average molecular weight is 276 g/mol. The first kappa shape index (κ1) is 12.4. The molecule has 0 amide bonds. The Labute approximate surface area is 96.1 Å². The number of aliphatic hydroxyl groups excluding tert-OH is 1. The van der Waals surface area contributed by atoms with E-state index in [-0.39, 0.29) is 18.8 Å². The zero-order chi connectivity index (χ0) is 11.6. The number of halogens is 1. The molecule has 1 aromatic heterocycles. The van der Waals surface area contributed by atoms with Crippen LogP contribution in [0.4, 0.5) is 0 Å². The Morgan fingerprint density at radius 3 is 2.73 bits per heavy atom. The molecule has 15 heavy (non-hydrogen) atoms. The first-order valence-corrected chi connectivity index (χ1v) is 5.38. The van der Waals surface area contributed by atoms with Crippen LogP contribution in [0.15, 0.2) is 9.27 Å². The lowest BCUT2D eigenvalue weighted by Gasteiger charge is -2.14. The standard InChI is InChI=1S/C9H14BrN3O2/c1-5-8(10)6(2)13(9(15)12-5)4-7(14)3-11/h7,14H,3-4,11H2,1-2H3. The summed E-state index contributed by atoms with van der Waals surface area (Å²) in [5.74, 6) is 0. The lowest BCUT2D eigenvalue weighted by Crippen LogP contribution is -2.34. The zero-order valence-corrected chi connectivity index (χ0v) is 10.3. The normalized spacial score (nSPS) is 12.9. The third-order valence-corrected chi connectivity index (χ3v) is 3.35. The van der Waals surface area contributed by atoms with E-state index < -0.39 is 6.10 Å². The fraction of sp³-hybridized carbons (Fsp3) is 0.556. The number of aromatic nitrogens is 2. The number of rotatable bonds is 3. The smallest absolute Gasteiger partial charge is 0.348 e. The van der Waals surface area contributed by atoms with Crippen LogP contribution in [0, 0.1) is 13.8 Å². The van der Waals surface area contributed by atoms with E-state index in [1.165, 1.54) is 4.57 Å². The molecular weight excluding hydrogens is 262 g/mol. The molecule has 0 fully saturated rings. The summed E-state index contributed by atoms with van der Waals surface area (Å²) in [4.78, 5) is 15.4. The largest absolute Gasteiger partial charge is 0.390 e. The minimum Gasteiger partial charge on any atom is -0.390 e. The Morgan fingerprint density at radius 2 is 2.20 bits per heavy atom. The first-order chi connectivity index (χ1) is 6.97. The summed E-state index contributed by atoms with van der Waals surface area (Å²) in [5, 5.41) is 9.39. The van der Waals surface area contributed by atoms with Crippen LogP contribution < -0.4 is 11.4 Å². The Kier molecular flexibility index (Phi) is 4.01. The van der Waals surface area contributed by atoms with E-state index in [1.54, 1.807) is 13.8 Å². The number of nitrogens with zero attached hydrogens (tertiary/aromatic N) is 2. The Morgan fingerprint density at radius 1 is 1.60 bits per heavy atom. The molecule has 1 aromatic rings. The van der Waals surface area contributed by atoms with Crippen molar-refractivity contribution in [1.82, 2.24) is 9.55 Å². The highest BCUT2D eigenvalue weighted by Gasteiger charge is 2.11. The van der Waals surface area contributed by atoms with Gasteiger partial charge < -0.3 is 10.8 Å². The molecule has 6 heteroatoms. The van der Waals surface area contributed by atoms with E-state index in [1.807, 2.05) is 0 Å². The van der Waals surface area contributed by atoms with Crippen molar-refractivity contribution in [2.24, 2.45) is 5.73 Å². The maximum absolute atomic E-state index is 11.5. The minimum absolute atomic E-state index is 0.122. The molecule has 1 unspecified atom stereocenters. The van der Waals surface area contributed by atoms with Crippen molar-refractivity contribution >= 4 is 15.9 Å². The summed E-state index contributed by atoms with van der Waals surface area (Å²) in [7, 11) is 0. The topological polar surface area (TPSA) is 81.1 Å². The minimum atomic E-state index is -0.724. The lowest BCUT2D eigenvalue weighted by atomic mass is 10.3. The maximum Gasteiger partial charge on any atom is 0.348 e. The summed E-state index contributed by atoms with van der Waals surface area (Å²) < 4.78 is 2.19. The van der Waals surface area contributed by atoms with Crippen LogP contribution in [-0.4, -0.2) is 27.3 Å². The van der Waals surface area contributed by atoms with Gasteiger partial charge >= 0.3 is 5.69 Å². The second kappa shape index (κ2) is 4.87. The van der Waals surface area contributed by atoms with E-state index in [9.17, 15) is 9.90 Å². The third kappa shape index (κ3) is 2.64. The summed E-state index contributed by atoms with van der Waals surface area (Å²) in [5.41, 5.74) is 6.33. The van der Waals surface area contributed by atoms with E-state index in [0.717, 1.165) is 10.2 Å². The van der Waals surface area contributed by atoms with Gasteiger partial charge in [-0.25, -0.2) is 4.79 Å². The maximum atomic E-state index is 11.5. The monoisotopic (exact) mass is 275 g/mol. The summed E-state index contributed by atoms with van der Waals surface area (Å²) in [6.45, 7) is 3.84. The van der Waals surface area contributed by atoms with E-state index in [4.69, 9.17) is 5.73 Å². The van der Waals surface area contributed by atoms with Gasteiger partial charge in [0.25, 0.3) is 0 Å².